The first-order valence-electron chi connectivity index (χ1n) is 6.22. The number of carbonyl (C=O) groups excluding carboxylic acids is 1. The fraction of sp³-hybridized carbons (Fsp3) is 0.0625. The molecular weight excluding hydrogens is 274 g/mol. The third-order valence-electron chi connectivity index (χ3n) is 3.26. The topological polar surface area (TPSA) is 40.5 Å². The molecule has 0 atom stereocenters. The molecule has 3 rings (SSSR count). The van der Waals surface area contributed by atoms with Gasteiger partial charge in [0, 0.05) is 10.7 Å². The Bertz CT molecular complexity index is 677. The molecule has 2 aromatic carbocycles. The second kappa shape index (κ2) is 5.02. The Kier molecular flexibility index (Phi) is 3.20. The molecule has 0 aromatic heterocycles. The summed E-state index contributed by atoms with van der Waals surface area (Å²) in [5.74, 6) is -0.114. The minimum atomic E-state index is -0.198. The van der Waals surface area contributed by atoms with Gasteiger partial charge in [-0.1, -0.05) is 41.9 Å². The molecule has 100 valence electrons. The molecule has 0 saturated heterocycles. The molecule has 0 fully saturated rings. The van der Waals surface area contributed by atoms with Gasteiger partial charge >= 0.3 is 0 Å². The predicted molar refractivity (Wildman–Crippen MR) is 79.8 cm³/mol. The third kappa shape index (κ3) is 2.17. The van der Waals surface area contributed by atoms with Crippen LogP contribution in [0, 0.1) is 0 Å². The van der Waals surface area contributed by atoms with E-state index in [1.165, 1.54) is 0 Å². The molecule has 0 spiro atoms. The van der Waals surface area contributed by atoms with E-state index < -0.39 is 0 Å². The Morgan fingerprint density at radius 2 is 1.65 bits per heavy atom. The molecule has 3 nitrogen and oxygen atoms in total. The molecule has 0 bridgehead atoms. The van der Waals surface area contributed by atoms with Crippen LogP contribution in [-0.4, -0.2) is 17.6 Å². The highest BCUT2D eigenvalue weighted by molar-refractivity contribution is 6.31. The maximum absolute atomic E-state index is 12.5. The first kappa shape index (κ1) is 12.8. The largest absolute Gasteiger partial charge is 0.510 e. The fourth-order valence-corrected chi connectivity index (χ4v) is 2.41. The van der Waals surface area contributed by atoms with Gasteiger partial charge in [-0.3, -0.25) is 4.79 Å². The van der Waals surface area contributed by atoms with E-state index >= 15 is 0 Å². The Morgan fingerprint density at radius 1 is 1.00 bits per heavy atom. The van der Waals surface area contributed by atoms with E-state index in [4.69, 9.17) is 11.6 Å². The van der Waals surface area contributed by atoms with Gasteiger partial charge in [0.1, 0.15) is 5.76 Å². The Labute approximate surface area is 121 Å². The Balaban J connectivity index is 1.96. The molecule has 4 heteroatoms. The number of anilines is 1. The maximum atomic E-state index is 12.5. The lowest BCUT2D eigenvalue weighted by atomic mass is 10.1. The highest BCUT2D eigenvalue weighted by Crippen LogP contribution is 2.31. The average Bonchev–Trinajstić information content (AvgIpc) is 2.76. The van der Waals surface area contributed by atoms with Gasteiger partial charge in [0.05, 0.1) is 12.1 Å². The zero-order valence-electron chi connectivity index (χ0n) is 10.6. The first-order valence-corrected chi connectivity index (χ1v) is 6.59. The van der Waals surface area contributed by atoms with Crippen molar-refractivity contribution in [1.29, 1.82) is 0 Å². The van der Waals surface area contributed by atoms with Crippen LogP contribution >= 0.6 is 11.6 Å². The van der Waals surface area contributed by atoms with Crippen LogP contribution in [0.4, 0.5) is 5.69 Å². The monoisotopic (exact) mass is 285 g/mol. The van der Waals surface area contributed by atoms with E-state index in [1.54, 1.807) is 29.2 Å². The van der Waals surface area contributed by atoms with E-state index in [0.717, 1.165) is 5.69 Å². The number of benzene rings is 2. The molecule has 0 unspecified atom stereocenters. The van der Waals surface area contributed by atoms with Crippen molar-refractivity contribution >= 4 is 28.8 Å². The number of hydrogen-bond acceptors (Lipinski definition) is 2. The summed E-state index contributed by atoms with van der Waals surface area (Å²) >= 11 is 5.84. The molecule has 0 radical (unpaired) electrons. The standard InChI is InChI=1S/C16H12ClNO2/c17-12-8-6-11(7-9-12)15-14(19)10-18(16(15)20)13-4-2-1-3-5-13/h1-9,19H,10H2. The van der Waals surface area contributed by atoms with Gasteiger partial charge in [-0.15, -0.1) is 0 Å². The summed E-state index contributed by atoms with van der Waals surface area (Å²) in [6.45, 7) is 0.195. The summed E-state index contributed by atoms with van der Waals surface area (Å²) in [6, 6.07) is 16.2. The lowest BCUT2D eigenvalue weighted by Crippen LogP contribution is -2.26. The zero-order valence-corrected chi connectivity index (χ0v) is 11.3. The molecule has 1 aliphatic rings. The van der Waals surface area contributed by atoms with E-state index in [-0.39, 0.29) is 18.2 Å². The normalized spacial score (nSPS) is 15.1. The van der Waals surface area contributed by atoms with E-state index in [9.17, 15) is 9.90 Å². The highest BCUT2D eigenvalue weighted by Gasteiger charge is 2.32. The number of para-hydroxylation sites is 1. The van der Waals surface area contributed by atoms with Crippen molar-refractivity contribution in [3.05, 3.63) is 70.9 Å². The van der Waals surface area contributed by atoms with Crippen LogP contribution in [0.2, 0.25) is 5.02 Å². The van der Waals surface area contributed by atoms with E-state index in [1.807, 2.05) is 30.3 Å². The predicted octanol–water partition coefficient (Wildman–Crippen LogP) is 3.66. The Hall–Kier alpha value is -2.26. The molecule has 1 N–H and O–H groups in total. The van der Waals surface area contributed by atoms with Crippen LogP contribution in [0.5, 0.6) is 0 Å². The highest BCUT2D eigenvalue weighted by atomic mass is 35.5. The van der Waals surface area contributed by atoms with Crippen LogP contribution in [0.25, 0.3) is 5.57 Å². The van der Waals surface area contributed by atoms with E-state index in [0.29, 0.717) is 16.2 Å². The smallest absolute Gasteiger partial charge is 0.262 e. The van der Waals surface area contributed by atoms with E-state index in [2.05, 4.69) is 0 Å². The summed E-state index contributed by atoms with van der Waals surface area (Å²) < 4.78 is 0. The average molecular weight is 286 g/mol. The van der Waals surface area contributed by atoms with Crippen molar-refractivity contribution in [3.63, 3.8) is 0 Å². The molecule has 1 amide bonds. The van der Waals surface area contributed by atoms with Crippen molar-refractivity contribution in [1.82, 2.24) is 0 Å². The molecule has 0 saturated carbocycles. The second-order valence-electron chi connectivity index (χ2n) is 4.56. The molecule has 0 aliphatic carbocycles. The number of aliphatic hydroxyl groups excluding tert-OH is 1. The van der Waals surface area contributed by atoms with Crippen LogP contribution in [-0.2, 0) is 4.79 Å². The minimum Gasteiger partial charge on any atom is -0.510 e. The van der Waals surface area contributed by atoms with Crippen molar-refractivity contribution in [2.24, 2.45) is 0 Å². The van der Waals surface area contributed by atoms with Gasteiger partial charge in [0.15, 0.2) is 0 Å². The molecule has 2 aromatic rings. The van der Waals surface area contributed by atoms with Gasteiger partial charge in [-0.2, -0.15) is 0 Å². The maximum Gasteiger partial charge on any atom is 0.262 e. The van der Waals surface area contributed by atoms with Crippen LogP contribution < -0.4 is 4.90 Å². The Morgan fingerprint density at radius 3 is 2.30 bits per heavy atom. The second-order valence-corrected chi connectivity index (χ2v) is 4.99. The molecule has 1 heterocycles. The SMILES string of the molecule is O=C1C(c2ccc(Cl)cc2)=C(O)CN1c1ccccc1. The third-order valence-corrected chi connectivity index (χ3v) is 3.51. The quantitative estimate of drug-likeness (QED) is 0.915. The molecular formula is C16H12ClNO2. The summed E-state index contributed by atoms with van der Waals surface area (Å²) in [6.07, 6.45) is 0. The van der Waals surface area contributed by atoms with Crippen LogP contribution in [0.1, 0.15) is 5.56 Å². The number of nitrogens with zero attached hydrogens (tertiary/aromatic N) is 1. The number of carbonyl (C=O) groups is 1. The lowest BCUT2D eigenvalue weighted by Gasteiger charge is -2.16. The fourth-order valence-electron chi connectivity index (χ4n) is 2.28. The lowest BCUT2D eigenvalue weighted by molar-refractivity contribution is -0.112. The number of aliphatic hydroxyl groups is 1. The molecule has 20 heavy (non-hydrogen) atoms. The number of halogens is 1. The van der Waals surface area contributed by atoms with Gasteiger partial charge < -0.3 is 10.0 Å². The number of hydrogen-bond donors (Lipinski definition) is 1. The summed E-state index contributed by atoms with van der Waals surface area (Å²) in [5, 5.41) is 10.7. The zero-order chi connectivity index (χ0) is 14.1. The first-order chi connectivity index (χ1) is 9.66. The van der Waals surface area contributed by atoms with Crippen molar-refractivity contribution in [2.75, 3.05) is 11.4 Å². The van der Waals surface area contributed by atoms with Gasteiger partial charge in [0.25, 0.3) is 5.91 Å². The van der Waals surface area contributed by atoms with Crippen molar-refractivity contribution in [2.45, 2.75) is 0 Å². The summed E-state index contributed by atoms with van der Waals surface area (Å²) in [5.41, 5.74) is 1.79. The molecule has 1 aliphatic heterocycles. The summed E-state index contributed by atoms with van der Waals surface area (Å²) in [7, 11) is 0. The summed E-state index contributed by atoms with van der Waals surface area (Å²) in [4.78, 5) is 14.0. The number of amides is 1. The van der Waals surface area contributed by atoms with Gasteiger partial charge in [0.2, 0.25) is 0 Å². The van der Waals surface area contributed by atoms with Crippen LogP contribution in [0.15, 0.2) is 60.4 Å². The minimum absolute atomic E-state index is 0.0844. The van der Waals surface area contributed by atoms with Crippen molar-refractivity contribution < 1.29 is 9.90 Å². The van der Waals surface area contributed by atoms with Gasteiger partial charge in [-0.05, 0) is 29.8 Å². The van der Waals surface area contributed by atoms with Gasteiger partial charge in [-0.25, -0.2) is 0 Å². The number of rotatable bonds is 2. The van der Waals surface area contributed by atoms with Crippen LogP contribution in [0.3, 0.4) is 0 Å². The van der Waals surface area contributed by atoms with Crippen molar-refractivity contribution in [3.8, 4) is 0 Å².